The Hall–Kier alpha value is -2.60. The van der Waals surface area contributed by atoms with Crippen LogP contribution in [0.2, 0.25) is 5.02 Å². The van der Waals surface area contributed by atoms with E-state index in [0.717, 1.165) is 0 Å². The number of tetrazole rings is 1. The Labute approximate surface area is 131 Å². The van der Waals surface area contributed by atoms with Gasteiger partial charge in [0.1, 0.15) is 12.4 Å². The minimum atomic E-state index is -0.300. The van der Waals surface area contributed by atoms with Crippen LogP contribution >= 0.6 is 11.6 Å². The van der Waals surface area contributed by atoms with Gasteiger partial charge < -0.3 is 4.74 Å². The van der Waals surface area contributed by atoms with Gasteiger partial charge in [0.25, 0.3) is 0 Å². The summed E-state index contributed by atoms with van der Waals surface area (Å²) in [7, 11) is 0. The van der Waals surface area contributed by atoms with E-state index in [-0.39, 0.29) is 5.69 Å². The Morgan fingerprint density at radius 1 is 1.00 bits per heavy atom. The average Bonchev–Trinajstić information content (AvgIpc) is 2.91. The molecule has 7 heteroatoms. The SMILES string of the molecule is O=c1n(CCOc2ccc(Cl)cc2)nnn1-c1ccccc1. The minimum Gasteiger partial charge on any atom is -0.492 e. The maximum absolute atomic E-state index is 12.2. The first-order valence-corrected chi connectivity index (χ1v) is 7.08. The first kappa shape index (κ1) is 14.3. The average molecular weight is 317 g/mol. The zero-order valence-electron chi connectivity index (χ0n) is 11.6. The molecule has 0 bridgehead atoms. The summed E-state index contributed by atoms with van der Waals surface area (Å²) >= 11 is 5.80. The van der Waals surface area contributed by atoms with E-state index < -0.39 is 0 Å². The van der Waals surface area contributed by atoms with Crippen molar-refractivity contribution in [3.05, 3.63) is 70.1 Å². The van der Waals surface area contributed by atoms with Crippen molar-refractivity contribution in [2.45, 2.75) is 6.54 Å². The van der Waals surface area contributed by atoms with Crippen LogP contribution in [-0.2, 0) is 6.54 Å². The van der Waals surface area contributed by atoms with Crippen molar-refractivity contribution in [2.75, 3.05) is 6.61 Å². The Morgan fingerprint density at radius 2 is 1.73 bits per heavy atom. The summed E-state index contributed by atoms with van der Waals surface area (Å²) in [4.78, 5) is 12.2. The number of rotatable bonds is 5. The quantitative estimate of drug-likeness (QED) is 0.723. The van der Waals surface area contributed by atoms with Crippen LogP contribution in [0.5, 0.6) is 5.75 Å². The van der Waals surface area contributed by atoms with Crippen molar-refractivity contribution in [1.82, 2.24) is 19.8 Å². The zero-order valence-corrected chi connectivity index (χ0v) is 12.3. The molecule has 3 aromatic rings. The highest BCUT2D eigenvalue weighted by Gasteiger charge is 2.08. The van der Waals surface area contributed by atoms with Crippen molar-refractivity contribution < 1.29 is 4.74 Å². The molecule has 0 spiro atoms. The second kappa shape index (κ2) is 6.44. The predicted octanol–water partition coefficient (Wildman–Crippen LogP) is 2.16. The largest absolute Gasteiger partial charge is 0.492 e. The third kappa shape index (κ3) is 3.17. The molecule has 0 aliphatic rings. The molecular weight excluding hydrogens is 304 g/mol. The van der Waals surface area contributed by atoms with E-state index in [1.165, 1.54) is 9.36 Å². The van der Waals surface area contributed by atoms with Gasteiger partial charge in [-0.25, -0.2) is 4.79 Å². The van der Waals surface area contributed by atoms with E-state index in [1.54, 1.807) is 36.4 Å². The molecule has 6 nitrogen and oxygen atoms in total. The minimum absolute atomic E-state index is 0.300. The van der Waals surface area contributed by atoms with Crippen LogP contribution in [0.4, 0.5) is 0 Å². The van der Waals surface area contributed by atoms with Crippen molar-refractivity contribution in [1.29, 1.82) is 0 Å². The summed E-state index contributed by atoms with van der Waals surface area (Å²) in [6.45, 7) is 0.628. The molecule has 22 heavy (non-hydrogen) atoms. The third-order valence-corrected chi connectivity index (χ3v) is 3.28. The van der Waals surface area contributed by atoms with Gasteiger partial charge in [-0.3, -0.25) is 0 Å². The molecule has 0 aliphatic carbocycles. The molecule has 112 valence electrons. The molecule has 2 aromatic carbocycles. The number of aromatic nitrogens is 4. The summed E-state index contributed by atoms with van der Waals surface area (Å²) < 4.78 is 8.06. The van der Waals surface area contributed by atoms with Gasteiger partial charge in [-0.15, -0.1) is 0 Å². The van der Waals surface area contributed by atoms with E-state index in [1.807, 2.05) is 18.2 Å². The second-order valence-electron chi connectivity index (χ2n) is 4.53. The summed E-state index contributed by atoms with van der Waals surface area (Å²) in [5.41, 5.74) is 0.378. The second-order valence-corrected chi connectivity index (χ2v) is 4.97. The number of para-hydroxylation sites is 1. The Kier molecular flexibility index (Phi) is 4.20. The highest BCUT2D eigenvalue weighted by atomic mass is 35.5. The van der Waals surface area contributed by atoms with Crippen molar-refractivity contribution in [3.63, 3.8) is 0 Å². The van der Waals surface area contributed by atoms with Crippen molar-refractivity contribution in [2.24, 2.45) is 0 Å². The molecule has 0 aliphatic heterocycles. The van der Waals surface area contributed by atoms with Crippen LogP contribution in [0.1, 0.15) is 0 Å². The monoisotopic (exact) mass is 316 g/mol. The highest BCUT2D eigenvalue weighted by Crippen LogP contribution is 2.15. The topological polar surface area (TPSA) is 61.9 Å². The third-order valence-electron chi connectivity index (χ3n) is 3.03. The van der Waals surface area contributed by atoms with Gasteiger partial charge in [-0.2, -0.15) is 9.36 Å². The van der Waals surface area contributed by atoms with Gasteiger partial charge in [0.05, 0.1) is 12.2 Å². The lowest BCUT2D eigenvalue weighted by Crippen LogP contribution is -2.26. The number of hydrogen-bond donors (Lipinski definition) is 0. The predicted molar refractivity (Wildman–Crippen MR) is 82.6 cm³/mol. The number of hydrogen-bond acceptors (Lipinski definition) is 4. The van der Waals surface area contributed by atoms with Gasteiger partial charge in [0.15, 0.2) is 0 Å². The van der Waals surface area contributed by atoms with Crippen LogP contribution < -0.4 is 10.4 Å². The first-order valence-electron chi connectivity index (χ1n) is 6.71. The van der Waals surface area contributed by atoms with E-state index in [4.69, 9.17) is 16.3 Å². The number of benzene rings is 2. The smallest absolute Gasteiger partial charge is 0.368 e. The fourth-order valence-corrected chi connectivity index (χ4v) is 2.05. The van der Waals surface area contributed by atoms with Gasteiger partial charge in [-0.05, 0) is 46.8 Å². The van der Waals surface area contributed by atoms with Crippen molar-refractivity contribution >= 4 is 11.6 Å². The first-order chi connectivity index (χ1) is 10.7. The van der Waals surface area contributed by atoms with Crippen LogP contribution in [-0.4, -0.2) is 26.4 Å². The summed E-state index contributed by atoms with van der Waals surface area (Å²) in [5, 5.41) is 8.37. The molecule has 0 unspecified atom stereocenters. The van der Waals surface area contributed by atoms with E-state index in [0.29, 0.717) is 29.6 Å². The molecule has 1 heterocycles. The Bertz CT molecular complexity index is 796. The molecule has 0 saturated heterocycles. The maximum Gasteiger partial charge on any atom is 0.368 e. The number of nitrogens with zero attached hydrogens (tertiary/aromatic N) is 4. The lowest BCUT2D eigenvalue weighted by molar-refractivity contribution is 0.287. The Morgan fingerprint density at radius 3 is 2.45 bits per heavy atom. The maximum atomic E-state index is 12.2. The highest BCUT2D eigenvalue weighted by molar-refractivity contribution is 6.30. The van der Waals surface area contributed by atoms with Crippen LogP contribution in [0, 0.1) is 0 Å². The van der Waals surface area contributed by atoms with Gasteiger partial charge >= 0.3 is 5.69 Å². The molecule has 0 saturated carbocycles. The molecule has 1 aromatic heterocycles. The fraction of sp³-hybridized carbons (Fsp3) is 0.133. The van der Waals surface area contributed by atoms with Crippen LogP contribution in [0.3, 0.4) is 0 Å². The number of ether oxygens (including phenoxy) is 1. The van der Waals surface area contributed by atoms with Crippen LogP contribution in [0.15, 0.2) is 59.4 Å². The van der Waals surface area contributed by atoms with Crippen molar-refractivity contribution in [3.8, 4) is 11.4 Å². The molecule has 3 rings (SSSR count). The normalized spacial score (nSPS) is 10.6. The number of halogens is 1. The summed E-state index contributed by atoms with van der Waals surface area (Å²) in [6.07, 6.45) is 0. The van der Waals surface area contributed by atoms with Gasteiger partial charge in [-0.1, -0.05) is 29.8 Å². The molecule has 0 fully saturated rings. The van der Waals surface area contributed by atoms with Gasteiger partial charge in [0.2, 0.25) is 0 Å². The standard InChI is InChI=1S/C15H13ClN4O2/c16-12-6-8-14(9-7-12)22-11-10-19-15(21)20(18-17-19)13-4-2-1-3-5-13/h1-9H,10-11H2. The zero-order chi connectivity index (χ0) is 15.4. The molecular formula is C15H13ClN4O2. The Balaban J connectivity index is 1.65. The van der Waals surface area contributed by atoms with Crippen LogP contribution in [0.25, 0.3) is 5.69 Å². The molecule has 0 atom stereocenters. The molecule has 0 N–H and O–H groups in total. The van der Waals surface area contributed by atoms with E-state index >= 15 is 0 Å². The van der Waals surface area contributed by atoms with E-state index in [2.05, 4.69) is 10.4 Å². The fourth-order valence-electron chi connectivity index (χ4n) is 1.93. The molecule has 0 amide bonds. The van der Waals surface area contributed by atoms with E-state index in [9.17, 15) is 4.79 Å². The summed E-state index contributed by atoms with van der Waals surface area (Å²) in [6, 6.07) is 16.2. The molecule has 0 radical (unpaired) electrons. The summed E-state index contributed by atoms with van der Waals surface area (Å²) in [5.74, 6) is 0.688. The lowest BCUT2D eigenvalue weighted by atomic mass is 10.3. The lowest BCUT2D eigenvalue weighted by Gasteiger charge is -2.05. The van der Waals surface area contributed by atoms with Gasteiger partial charge in [0, 0.05) is 5.02 Å².